The number of rotatable bonds is 1. The number of fused-ring (bicyclic) bond motifs is 1. The predicted molar refractivity (Wildman–Crippen MR) is 74.7 cm³/mol. The summed E-state index contributed by atoms with van der Waals surface area (Å²) in [5.41, 5.74) is 0.201. The summed E-state index contributed by atoms with van der Waals surface area (Å²) in [6.07, 6.45) is 11.1. The van der Waals surface area contributed by atoms with Crippen molar-refractivity contribution >= 4 is 0 Å². The van der Waals surface area contributed by atoms with E-state index < -0.39 is 0 Å². The lowest BCUT2D eigenvalue weighted by Crippen LogP contribution is -2.61. The van der Waals surface area contributed by atoms with Crippen LogP contribution in [0.5, 0.6) is 0 Å². The highest BCUT2D eigenvalue weighted by Gasteiger charge is 2.44. The molecule has 0 bridgehead atoms. The Morgan fingerprint density at radius 1 is 1.17 bits per heavy atom. The Balaban J connectivity index is 1.61. The lowest BCUT2D eigenvalue weighted by atomic mass is 9.75. The van der Waals surface area contributed by atoms with E-state index in [0.29, 0.717) is 12.1 Å². The second kappa shape index (κ2) is 5.13. The smallest absolute Gasteiger partial charge is 0.0811 e. The van der Waals surface area contributed by atoms with Gasteiger partial charge in [0.15, 0.2) is 0 Å². The van der Waals surface area contributed by atoms with Crippen molar-refractivity contribution in [2.45, 2.75) is 83.0 Å². The molecule has 0 aromatic rings. The minimum absolute atomic E-state index is 0.201. The molecule has 2 aliphatic carbocycles. The monoisotopic (exact) mass is 251 g/mol. The lowest BCUT2D eigenvalue weighted by Gasteiger charge is -2.51. The van der Waals surface area contributed by atoms with Crippen LogP contribution in [0.4, 0.5) is 0 Å². The van der Waals surface area contributed by atoms with Gasteiger partial charge >= 0.3 is 0 Å². The topological polar surface area (TPSA) is 21.3 Å². The van der Waals surface area contributed by atoms with E-state index in [1.807, 2.05) is 0 Å². The van der Waals surface area contributed by atoms with Gasteiger partial charge in [-0.2, -0.15) is 0 Å². The lowest BCUT2D eigenvalue weighted by molar-refractivity contribution is -0.167. The molecule has 1 saturated heterocycles. The van der Waals surface area contributed by atoms with Gasteiger partial charge in [-0.1, -0.05) is 20.3 Å². The van der Waals surface area contributed by atoms with Crippen molar-refractivity contribution in [2.24, 2.45) is 11.8 Å². The Morgan fingerprint density at radius 3 is 2.67 bits per heavy atom. The zero-order valence-corrected chi connectivity index (χ0v) is 12.1. The second-order valence-corrected chi connectivity index (χ2v) is 7.10. The number of nitrogens with one attached hydrogen (secondary N) is 1. The molecule has 3 atom stereocenters. The van der Waals surface area contributed by atoms with E-state index in [9.17, 15) is 0 Å². The SMILES string of the molecule is CCC1CCC2OC3(CCC(C)CC3)CNC2C1. The van der Waals surface area contributed by atoms with E-state index >= 15 is 0 Å². The minimum atomic E-state index is 0.201. The first kappa shape index (κ1) is 12.9. The summed E-state index contributed by atoms with van der Waals surface area (Å²) in [5.74, 6) is 1.84. The van der Waals surface area contributed by atoms with Crippen molar-refractivity contribution in [2.75, 3.05) is 6.54 Å². The molecular weight excluding hydrogens is 222 g/mol. The van der Waals surface area contributed by atoms with Crippen molar-refractivity contribution in [3.8, 4) is 0 Å². The van der Waals surface area contributed by atoms with E-state index in [-0.39, 0.29) is 5.60 Å². The summed E-state index contributed by atoms with van der Waals surface area (Å²) >= 11 is 0. The van der Waals surface area contributed by atoms with Crippen LogP contribution in [0, 0.1) is 11.8 Å². The first-order valence-electron chi connectivity index (χ1n) is 8.12. The van der Waals surface area contributed by atoms with Crippen molar-refractivity contribution < 1.29 is 4.74 Å². The first-order valence-corrected chi connectivity index (χ1v) is 8.12. The van der Waals surface area contributed by atoms with Crippen LogP contribution in [-0.4, -0.2) is 24.3 Å². The number of hydrogen-bond acceptors (Lipinski definition) is 2. The van der Waals surface area contributed by atoms with Crippen LogP contribution in [0.1, 0.15) is 65.2 Å². The Bertz CT molecular complexity index is 283. The molecule has 1 heterocycles. The van der Waals surface area contributed by atoms with Gasteiger partial charge in [-0.3, -0.25) is 0 Å². The molecule has 1 aliphatic heterocycles. The molecule has 2 heteroatoms. The molecular formula is C16H29NO. The molecule has 3 aliphatic rings. The fraction of sp³-hybridized carbons (Fsp3) is 1.00. The quantitative estimate of drug-likeness (QED) is 0.770. The maximum absolute atomic E-state index is 6.60. The van der Waals surface area contributed by atoms with E-state index in [0.717, 1.165) is 18.4 Å². The Kier molecular flexibility index (Phi) is 3.68. The van der Waals surface area contributed by atoms with E-state index in [4.69, 9.17) is 4.74 Å². The molecule has 0 amide bonds. The van der Waals surface area contributed by atoms with Crippen LogP contribution in [0.2, 0.25) is 0 Å². The molecule has 2 nitrogen and oxygen atoms in total. The fourth-order valence-corrected chi connectivity index (χ4v) is 4.22. The zero-order chi connectivity index (χ0) is 12.6. The second-order valence-electron chi connectivity index (χ2n) is 7.10. The summed E-state index contributed by atoms with van der Waals surface area (Å²) in [7, 11) is 0. The number of hydrogen-bond donors (Lipinski definition) is 1. The van der Waals surface area contributed by atoms with Crippen molar-refractivity contribution in [3.63, 3.8) is 0 Å². The maximum atomic E-state index is 6.60. The molecule has 3 rings (SSSR count). The molecule has 1 spiro atoms. The van der Waals surface area contributed by atoms with Gasteiger partial charge in [0, 0.05) is 12.6 Å². The summed E-state index contributed by atoms with van der Waals surface area (Å²) in [5, 5.41) is 3.84. The Labute approximate surface area is 112 Å². The highest BCUT2D eigenvalue weighted by atomic mass is 16.5. The van der Waals surface area contributed by atoms with Gasteiger partial charge in [0.1, 0.15) is 0 Å². The molecule has 3 fully saturated rings. The third-order valence-electron chi connectivity index (χ3n) is 5.75. The molecule has 0 aromatic carbocycles. The summed E-state index contributed by atoms with van der Waals surface area (Å²) in [6, 6.07) is 0.647. The van der Waals surface area contributed by atoms with Crippen LogP contribution >= 0.6 is 0 Å². The van der Waals surface area contributed by atoms with Gasteiger partial charge < -0.3 is 10.1 Å². The molecule has 1 N–H and O–H groups in total. The van der Waals surface area contributed by atoms with Gasteiger partial charge in [-0.25, -0.2) is 0 Å². The van der Waals surface area contributed by atoms with Gasteiger partial charge in [-0.15, -0.1) is 0 Å². The van der Waals surface area contributed by atoms with Crippen LogP contribution in [0.15, 0.2) is 0 Å². The number of ether oxygens (including phenoxy) is 1. The minimum Gasteiger partial charge on any atom is -0.369 e. The van der Waals surface area contributed by atoms with Crippen LogP contribution in [-0.2, 0) is 4.74 Å². The largest absolute Gasteiger partial charge is 0.369 e. The summed E-state index contributed by atoms with van der Waals surface area (Å²) in [6.45, 7) is 5.83. The van der Waals surface area contributed by atoms with Crippen molar-refractivity contribution in [1.29, 1.82) is 0 Å². The summed E-state index contributed by atoms with van der Waals surface area (Å²) < 4.78 is 6.60. The fourth-order valence-electron chi connectivity index (χ4n) is 4.22. The van der Waals surface area contributed by atoms with E-state index in [1.165, 1.54) is 51.4 Å². The Morgan fingerprint density at radius 2 is 1.94 bits per heavy atom. The highest BCUT2D eigenvalue weighted by molar-refractivity contribution is 4.98. The van der Waals surface area contributed by atoms with Gasteiger partial charge in [0.2, 0.25) is 0 Å². The Hall–Kier alpha value is -0.0800. The predicted octanol–water partition coefficient (Wildman–Crippen LogP) is 3.50. The van der Waals surface area contributed by atoms with Gasteiger partial charge in [-0.05, 0) is 56.8 Å². The average molecular weight is 251 g/mol. The van der Waals surface area contributed by atoms with E-state index in [2.05, 4.69) is 19.2 Å². The third-order valence-corrected chi connectivity index (χ3v) is 5.75. The molecule has 18 heavy (non-hydrogen) atoms. The molecule has 104 valence electrons. The van der Waals surface area contributed by atoms with Crippen LogP contribution in [0.3, 0.4) is 0 Å². The van der Waals surface area contributed by atoms with Crippen molar-refractivity contribution in [3.05, 3.63) is 0 Å². The summed E-state index contributed by atoms with van der Waals surface area (Å²) in [4.78, 5) is 0. The average Bonchev–Trinajstić information content (AvgIpc) is 2.42. The van der Waals surface area contributed by atoms with E-state index in [1.54, 1.807) is 0 Å². The standard InChI is InChI=1S/C16H29NO/c1-3-13-4-5-15-14(10-13)17-11-16(18-15)8-6-12(2)7-9-16/h12-15,17H,3-11H2,1-2H3. The first-order chi connectivity index (χ1) is 8.71. The van der Waals surface area contributed by atoms with Crippen LogP contribution < -0.4 is 5.32 Å². The third kappa shape index (κ3) is 2.46. The molecule has 0 aromatic heterocycles. The molecule has 0 radical (unpaired) electrons. The maximum Gasteiger partial charge on any atom is 0.0811 e. The number of morpholine rings is 1. The van der Waals surface area contributed by atoms with Crippen LogP contribution in [0.25, 0.3) is 0 Å². The zero-order valence-electron chi connectivity index (χ0n) is 12.1. The van der Waals surface area contributed by atoms with Crippen molar-refractivity contribution in [1.82, 2.24) is 5.32 Å². The van der Waals surface area contributed by atoms with Gasteiger partial charge in [0.05, 0.1) is 11.7 Å². The molecule has 2 saturated carbocycles. The molecule has 3 unspecified atom stereocenters. The van der Waals surface area contributed by atoms with Gasteiger partial charge in [0.25, 0.3) is 0 Å². The normalized spacial score (nSPS) is 49.0. The highest BCUT2D eigenvalue weighted by Crippen LogP contribution is 2.41.